The fraction of sp³-hybridized carbons (Fsp3) is 0. The summed E-state index contributed by atoms with van der Waals surface area (Å²) in [7, 11) is 5.66. The van der Waals surface area contributed by atoms with Crippen LogP contribution in [0.15, 0.2) is 36.4 Å². The second kappa shape index (κ2) is 2.56. The first-order valence-corrected chi connectivity index (χ1v) is 3.81. The number of benzene rings is 2. The maximum Gasteiger partial charge on any atom is 0.116 e. The van der Waals surface area contributed by atoms with Crippen LogP contribution in [0.1, 0.15) is 0 Å². The van der Waals surface area contributed by atoms with Crippen LogP contribution in [-0.4, -0.2) is 7.85 Å². The van der Waals surface area contributed by atoms with Gasteiger partial charge in [-0.1, -0.05) is 35.8 Å². The van der Waals surface area contributed by atoms with Gasteiger partial charge in [-0.25, -0.2) is 0 Å². The van der Waals surface area contributed by atoms with E-state index in [4.69, 9.17) is 13.6 Å². The monoisotopic (exact) mass is 153 g/mol. The molecule has 2 N–H and O–H groups in total. The summed E-state index contributed by atoms with van der Waals surface area (Å²) in [5, 5.41) is 2.26. The van der Waals surface area contributed by atoms with E-state index in [2.05, 4.69) is 0 Å². The number of hydrogen-bond acceptors (Lipinski definition) is 1. The molecule has 0 fully saturated rings. The molecule has 0 amide bonds. The molecule has 0 saturated heterocycles. The van der Waals surface area contributed by atoms with Gasteiger partial charge in [0.1, 0.15) is 7.85 Å². The lowest BCUT2D eigenvalue weighted by molar-refractivity contribution is 1.76. The zero-order valence-electron chi connectivity index (χ0n) is 6.62. The maximum absolute atomic E-state index is 5.66. The molecule has 0 spiro atoms. The van der Waals surface area contributed by atoms with Gasteiger partial charge < -0.3 is 5.73 Å². The Morgan fingerprint density at radius 2 is 1.58 bits per heavy atom. The van der Waals surface area contributed by atoms with Gasteiger partial charge in [0.25, 0.3) is 0 Å². The van der Waals surface area contributed by atoms with E-state index in [0.717, 1.165) is 10.8 Å². The van der Waals surface area contributed by atoms with Gasteiger partial charge in [0, 0.05) is 5.69 Å². The van der Waals surface area contributed by atoms with Crippen LogP contribution in [-0.2, 0) is 0 Å². The molecule has 0 aliphatic carbocycles. The molecule has 2 rings (SSSR count). The highest BCUT2D eigenvalue weighted by molar-refractivity contribution is 6.36. The fourth-order valence-corrected chi connectivity index (χ4v) is 1.28. The van der Waals surface area contributed by atoms with Gasteiger partial charge in [0.2, 0.25) is 0 Å². The Balaban J connectivity index is 2.84. The number of nitrogens with two attached hydrogens (primary N) is 1. The van der Waals surface area contributed by atoms with Gasteiger partial charge in [0.15, 0.2) is 0 Å². The second-order valence-electron chi connectivity index (χ2n) is 2.83. The van der Waals surface area contributed by atoms with Gasteiger partial charge >= 0.3 is 0 Å². The van der Waals surface area contributed by atoms with Crippen molar-refractivity contribution in [3.05, 3.63) is 36.4 Å². The molecule has 2 heteroatoms. The van der Waals surface area contributed by atoms with Crippen molar-refractivity contribution in [1.82, 2.24) is 0 Å². The number of fused-ring (bicyclic) bond motifs is 1. The average Bonchev–Trinajstić information content (AvgIpc) is 2.07. The highest BCUT2D eigenvalue weighted by atomic mass is 14.5. The fourth-order valence-electron chi connectivity index (χ4n) is 1.28. The molecule has 0 aliphatic heterocycles. The van der Waals surface area contributed by atoms with E-state index in [0.29, 0.717) is 11.2 Å². The minimum absolute atomic E-state index is 0.647. The van der Waals surface area contributed by atoms with Crippen LogP contribution in [0.25, 0.3) is 10.8 Å². The third-order valence-corrected chi connectivity index (χ3v) is 1.95. The lowest BCUT2D eigenvalue weighted by Gasteiger charge is -2.02. The van der Waals surface area contributed by atoms with Gasteiger partial charge in [-0.2, -0.15) is 0 Å². The molecular weight excluding hydrogens is 145 g/mol. The number of anilines is 1. The van der Waals surface area contributed by atoms with Crippen LogP contribution in [0.2, 0.25) is 0 Å². The summed E-state index contributed by atoms with van der Waals surface area (Å²) in [6.07, 6.45) is 0. The Hall–Kier alpha value is -1.44. The Bertz CT molecular complexity index is 383. The third kappa shape index (κ3) is 1.05. The summed E-state index contributed by atoms with van der Waals surface area (Å²) in [6, 6.07) is 11.8. The van der Waals surface area contributed by atoms with Gasteiger partial charge in [-0.15, -0.1) is 0 Å². The predicted octanol–water partition coefficient (Wildman–Crippen LogP) is 1.22. The topological polar surface area (TPSA) is 26.0 Å². The Morgan fingerprint density at radius 3 is 2.25 bits per heavy atom. The minimum Gasteiger partial charge on any atom is -0.399 e. The molecule has 0 unspecified atom stereocenters. The molecular formula is C10H8BN. The summed E-state index contributed by atoms with van der Waals surface area (Å²) in [5.74, 6) is 0. The first kappa shape index (κ1) is 7.23. The van der Waals surface area contributed by atoms with Crippen LogP contribution >= 0.6 is 0 Å². The summed E-state index contributed by atoms with van der Waals surface area (Å²) in [5.41, 5.74) is 6.95. The largest absolute Gasteiger partial charge is 0.399 e. The highest BCUT2D eigenvalue weighted by Gasteiger charge is 1.95. The number of nitrogen functional groups attached to an aromatic ring is 1. The molecule has 12 heavy (non-hydrogen) atoms. The van der Waals surface area contributed by atoms with Crippen LogP contribution in [0.3, 0.4) is 0 Å². The molecule has 0 aromatic heterocycles. The molecule has 2 radical (unpaired) electrons. The van der Waals surface area contributed by atoms with Crippen molar-refractivity contribution in [2.75, 3.05) is 5.73 Å². The third-order valence-electron chi connectivity index (χ3n) is 1.95. The van der Waals surface area contributed by atoms with Crippen molar-refractivity contribution < 1.29 is 0 Å². The van der Waals surface area contributed by atoms with E-state index in [1.165, 1.54) is 0 Å². The highest BCUT2D eigenvalue weighted by Crippen LogP contribution is 2.14. The first-order chi connectivity index (χ1) is 5.77. The summed E-state index contributed by atoms with van der Waals surface area (Å²) in [4.78, 5) is 0. The van der Waals surface area contributed by atoms with Crippen molar-refractivity contribution in [3.8, 4) is 0 Å². The molecule has 1 nitrogen and oxygen atoms in total. The zero-order valence-corrected chi connectivity index (χ0v) is 6.62. The van der Waals surface area contributed by atoms with E-state index >= 15 is 0 Å². The van der Waals surface area contributed by atoms with E-state index in [-0.39, 0.29) is 0 Å². The zero-order chi connectivity index (χ0) is 8.55. The van der Waals surface area contributed by atoms with E-state index in [1.807, 2.05) is 36.4 Å². The Labute approximate surface area is 72.6 Å². The molecule has 0 bridgehead atoms. The van der Waals surface area contributed by atoms with Gasteiger partial charge in [-0.05, 0) is 16.8 Å². The number of hydrogen-bond donors (Lipinski definition) is 1. The van der Waals surface area contributed by atoms with Crippen molar-refractivity contribution in [3.63, 3.8) is 0 Å². The molecule has 0 aliphatic rings. The number of rotatable bonds is 0. The van der Waals surface area contributed by atoms with Crippen LogP contribution < -0.4 is 11.2 Å². The van der Waals surface area contributed by atoms with Crippen molar-refractivity contribution in [1.29, 1.82) is 0 Å². The van der Waals surface area contributed by atoms with E-state index in [1.54, 1.807) is 0 Å². The van der Waals surface area contributed by atoms with E-state index in [9.17, 15) is 0 Å². The van der Waals surface area contributed by atoms with Gasteiger partial charge in [-0.3, -0.25) is 0 Å². The second-order valence-corrected chi connectivity index (χ2v) is 2.83. The molecule has 0 heterocycles. The minimum atomic E-state index is 0.647. The van der Waals surface area contributed by atoms with Crippen molar-refractivity contribution >= 4 is 29.8 Å². The molecule has 0 atom stereocenters. The van der Waals surface area contributed by atoms with Crippen LogP contribution in [0.4, 0.5) is 5.69 Å². The van der Waals surface area contributed by atoms with Crippen molar-refractivity contribution in [2.24, 2.45) is 0 Å². The predicted molar refractivity (Wildman–Crippen MR) is 53.7 cm³/mol. The smallest absolute Gasteiger partial charge is 0.116 e. The quantitative estimate of drug-likeness (QED) is 0.446. The summed E-state index contributed by atoms with van der Waals surface area (Å²) in [6.45, 7) is 0. The maximum atomic E-state index is 5.66. The molecule has 0 saturated carbocycles. The summed E-state index contributed by atoms with van der Waals surface area (Å²) < 4.78 is 0. The van der Waals surface area contributed by atoms with Crippen LogP contribution in [0.5, 0.6) is 0 Å². The summed E-state index contributed by atoms with van der Waals surface area (Å²) >= 11 is 0. The molecule has 56 valence electrons. The molecule has 2 aromatic carbocycles. The van der Waals surface area contributed by atoms with Crippen LogP contribution in [0, 0.1) is 0 Å². The lowest BCUT2D eigenvalue weighted by Crippen LogP contribution is -2.08. The SMILES string of the molecule is [B]c1cc2ccccc2cc1N. The average molecular weight is 153 g/mol. The standard InChI is InChI=1S/C10H8BN/c11-9-5-7-3-1-2-4-8(7)6-10(9)12/h1-6H,12H2. The van der Waals surface area contributed by atoms with E-state index < -0.39 is 0 Å². The molecule has 2 aromatic rings. The normalized spacial score (nSPS) is 10.3. The Kier molecular flexibility index (Phi) is 1.54. The van der Waals surface area contributed by atoms with Crippen molar-refractivity contribution in [2.45, 2.75) is 0 Å². The Morgan fingerprint density at radius 1 is 1.00 bits per heavy atom. The lowest BCUT2D eigenvalue weighted by atomic mass is 9.91. The van der Waals surface area contributed by atoms with Gasteiger partial charge in [0.05, 0.1) is 0 Å². The first-order valence-electron chi connectivity index (χ1n) is 3.81.